The van der Waals surface area contributed by atoms with Crippen molar-refractivity contribution in [3.8, 4) is 5.06 Å². The van der Waals surface area contributed by atoms with Gasteiger partial charge in [0.1, 0.15) is 5.69 Å². The van der Waals surface area contributed by atoms with Crippen LogP contribution in [0.4, 0.5) is 0 Å². The molecule has 0 bridgehead atoms. The van der Waals surface area contributed by atoms with E-state index in [4.69, 9.17) is 0 Å². The molecule has 1 heterocycles. The molecule has 0 saturated heterocycles. The first-order valence-electron chi connectivity index (χ1n) is 4.16. The second kappa shape index (κ2) is 4.81. The number of hydrogen-bond donors (Lipinski definition) is 1. The lowest BCUT2D eigenvalue weighted by molar-refractivity contribution is 0.0949. The SMILES string of the molecule is CCCCNC(=O)c1cc([O])sn1. The molecule has 1 aromatic rings. The number of unbranched alkanes of at least 4 members (excludes halogenated alkanes) is 1. The van der Waals surface area contributed by atoms with Crippen LogP contribution in [0.1, 0.15) is 30.3 Å². The summed E-state index contributed by atoms with van der Waals surface area (Å²) in [7, 11) is 0. The van der Waals surface area contributed by atoms with Gasteiger partial charge in [-0.15, -0.1) is 0 Å². The summed E-state index contributed by atoms with van der Waals surface area (Å²) in [5.41, 5.74) is 0.228. The molecule has 0 aliphatic carbocycles. The molecule has 0 aliphatic rings. The molecule has 1 N–H and O–H groups in total. The Hall–Kier alpha value is -1.10. The highest BCUT2D eigenvalue weighted by Gasteiger charge is 2.09. The summed E-state index contributed by atoms with van der Waals surface area (Å²) in [6.45, 7) is 2.69. The van der Waals surface area contributed by atoms with Crippen LogP contribution in [0.15, 0.2) is 6.07 Å². The van der Waals surface area contributed by atoms with Gasteiger partial charge in [0.25, 0.3) is 11.0 Å². The van der Waals surface area contributed by atoms with Gasteiger partial charge in [0, 0.05) is 24.1 Å². The molecular weight excluding hydrogens is 188 g/mol. The van der Waals surface area contributed by atoms with E-state index in [1.165, 1.54) is 6.07 Å². The second-order valence-corrected chi connectivity index (χ2v) is 3.41. The summed E-state index contributed by atoms with van der Waals surface area (Å²) in [6.07, 6.45) is 1.98. The van der Waals surface area contributed by atoms with E-state index < -0.39 is 0 Å². The van der Waals surface area contributed by atoms with Crippen molar-refractivity contribution >= 4 is 17.4 Å². The maximum absolute atomic E-state index is 11.2. The fourth-order valence-corrected chi connectivity index (χ4v) is 1.32. The van der Waals surface area contributed by atoms with Crippen molar-refractivity contribution in [1.29, 1.82) is 0 Å². The number of nitrogens with zero attached hydrogens (tertiary/aromatic N) is 1. The number of amides is 1. The van der Waals surface area contributed by atoms with Gasteiger partial charge >= 0.3 is 0 Å². The highest BCUT2D eigenvalue weighted by molar-refractivity contribution is 7.07. The fourth-order valence-electron chi connectivity index (χ4n) is 0.835. The minimum atomic E-state index is -0.258. The van der Waals surface area contributed by atoms with Gasteiger partial charge in [-0.05, 0) is 6.42 Å². The van der Waals surface area contributed by atoms with Gasteiger partial charge in [-0.2, -0.15) is 4.37 Å². The molecule has 0 atom stereocenters. The van der Waals surface area contributed by atoms with Gasteiger partial charge in [-0.1, -0.05) is 13.3 Å². The zero-order valence-corrected chi connectivity index (χ0v) is 8.19. The highest BCUT2D eigenvalue weighted by atomic mass is 32.1. The largest absolute Gasteiger partial charge is 0.351 e. The predicted molar refractivity (Wildman–Crippen MR) is 49.5 cm³/mol. The zero-order valence-electron chi connectivity index (χ0n) is 7.37. The van der Waals surface area contributed by atoms with E-state index in [-0.39, 0.29) is 16.7 Å². The molecule has 0 saturated carbocycles. The summed E-state index contributed by atoms with van der Waals surface area (Å²) in [4.78, 5) is 11.2. The fraction of sp³-hybridized carbons (Fsp3) is 0.500. The molecule has 1 aromatic heterocycles. The molecule has 1 rings (SSSR count). The van der Waals surface area contributed by atoms with Crippen molar-refractivity contribution in [3.05, 3.63) is 11.8 Å². The summed E-state index contributed by atoms with van der Waals surface area (Å²) in [5, 5.41) is 13.2. The monoisotopic (exact) mass is 199 g/mol. The van der Waals surface area contributed by atoms with Gasteiger partial charge in [0.15, 0.2) is 0 Å². The van der Waals surface area contributed by atoms with E-state index in [0.29, 0.717) is 6.54 Å². The van der Waals surface area contributed by atoms with E-state index in [9.17, 15) is 9.90 Å². The third-order valence-corrected chi connectivity index (χ3v) is 2.12. The van der Waals surface area contributed by atoms with Crippen LogP contribution in [0.25, 0.3) is 0 Å². The van der Waals surface area contributed by atoms with E-state index in [0.717, 1.165) is 24.4 Å². The number of aromatic nitrogens is 1. The van der Waals surface area contributed by atoms with Crippen molar-refractivity contribution in [2.45, 2.75) is 19.8 Å². The molecule has 0 aromatic carbocycles. The number of nitrogens with one attached hydrogen (secondary N) is 1. The Balaban J connectivity index is 2.40. The Morgan fingerprint density at radius 1 is 1.69 bits per heavy atom. The van der Waals surface area contributed by atoms with Crippen molar-refractivity contribution in [3.63, 3.8) is 0 Å². The first-order chi connectivity index (χ1) is 6.24. The van der Waals surface area contributed by atoms with Gasteiger partial charge < -0.3 is 5.32 Å². The molecule has 5 heteroatoms. The Morgan fingerprint density at radius 2 is 2.46 bits per heavy atom. The topological polar surface area (TPSA) is 61.9 Å². The molecular formula is C8H11N2O2S. The summed E-state index contributed by atoms with van der Waals surface area (Å²) in [5.74, 6) is -0.258. The Labute approximate surface area is 80.8 Å². The van der Waals surface area contributed by atoms with Crippen LogP contribution in [0.5, 0.6) is 5.06 Å². The van der Waals surface area contributed by atoms with Crippen LogP contribution < -0.4 is 5.32 Å². The number of rotatable bonds is 4. The molecule has 4 nitrogen and oxygen atoms in total. The molecule has 0 fully saturated rings. The lowest BCUT2D eigenvalue weighted by Crippen LogP contribution is -2.24. The molecule has 13 heavy (non-hydrogen) atoms. The molecule has 71 valence electrons. The summed E-state index contributed by atoms with van der Waals surface area (Å²) in [6, 6.07) is 1.26. The Morgan fingerprint density at radius 3 is 3.00 bits per heavy atom. The summed E-state index contributed by atoms with van der Waals surface area (Å²) < 4.78 is 3.71. The number of hydrogen-bond acceptors (Lipinski definition) is 3. The van der Waals surface area contributed by atoms with Crippen LogP contribution >= 0.6 is 11.5 Å². The first-order valence-corrected chi connectivity index (χ1v) is 4.93. The Bertz CT molecular complexity index is 285. The van der Waals surface area contributed by atoms with Crippen molar-refractivity contribution in [1.82, 2.24) is 9.69 Å². The highest BCUT2D eigenvalue weighted by Crippen LogP contribution is 2.17. The average Bonchev–Trinajstić information content (AvgIpc) is 2.52. The van der Waals surface area contributed by atoms with Gasteiger partial charge in [0.05, 0.1) is 0 Å². The van der Waals surface area contributed by atoms with E-state index in [1.807, 2.05) is 6.92 Å². The molecule has 0 aliphatic heterocycles. The molecule has 0 unspecified atom stereocenters. The normalized spacial score (nSPS) is 9.92. The average molecular weight is 199 g/mol. The lowest BCUT2D eigenvalue weighted by Gasteiger charge is -1.99. The quantitative estimate of drug-likeness (QED) is 0.752. The predicted octanol–water partition coefficient (Wildman–Crippen LogP) is 1.82. The molecule has 0 spiro atoms. The van der Waals surface area contributed by atoms with Gasteiger partial charge in [-0.3, -0.25) is 9.90 Å². The smallest absolute Gasteiger partial charge is 0.271 e. The summed E-state index contributed by atoms with van der Waals surface area (Å²) >= 11 is 0.806. The first kappa shape index (κ1) is 9.98. The van der Waals surface area contributed by atoms with Crippen molar-refractivity contribution in [2.75, 3.05) is 6.54 Å². The van der Waals surface area contributed by atoms with E-state index in [2.05, 4.69) is 9.69 Å². The van der Waals surface area contributed by atoms with Crippen LogP contribution in [0.3, 0.4) is 0 Å². The van der Waals surface area contributed by atoms with Crippen molar-refractivity contribution in [2.24, 2.45) is 0 Å². The van der Waals surface area contributed by atoms with Gasteiger partial charge in [-0.25, -0.2) is 0 Å². The molecule has 1 amide bonds. The minimum Gasteiger partial charge on any atom is -0.351 e. The second-order valence-electron chi connectivity index (χ2n) is 2.64. The van der Waals surface area contributed by atoms with Crippen LogP contribution in [0.2, 0.25) is 0 Å². The van der Waals surface area contributed by atoms with Crippen LogP contribution in [-0.4, -0.2) is 16.8 Å². The van der Waals surface area contributed by atoms with Crippen LogP contribution in [-0.2, 0) is 5.11 Å². The molecule has 1 radical (unpaired) electrons. The third-order valence-electron chi connectivity index (χ3n) is 1.54. The Kier molecular flexibility index (Phi) is 3.70. The van der Waals surface area contributed by atoms with E-state index >= 15 is 0 Å². The van der Waals surface area contributed by atoms with Gasteiger partial charge in [0.2, 0.25) is 0 Å². The third kappa shape index (κ3) is 3.02. The number of carbonyl (C=O) groups is 1. The van der Waals surface area contributed by atoms with E-state index in [1.54, 1.807) is 0 Å². The lowest BCUT2D eigenvalue weighted by atomic mass is 10.3. The standard InChI is InChI=1S/C8H11N2O2S/c1-2-3-4-9-8(12)6-5-7(11)13-10-6/h5H,2-4H2,1H3,(H,9,12). The van der Waals surface area contributed by atoms with Crippen LogP contribution in [0, 0.1) is 0 Å². The minimum absolute atomic E-state index is 0.180. The van der Waals surface area contributed by atoms with Crippen molar-refractivity contribution < 1.29 is 9.90 Å². The number of carbonyl (C=O) groups excluding carboxylic acids is 1. The maximum atomic E-state index is 11.2. The maximum Gasteiger partial charge on any atom is 0.271 e. The zero-order chi connectivity index (χ0) is 9.68.